The molecule has 0 atom stereocenters. The highest BCUT2D eigenvalue weighted by atomic mass is 32.2. The number of nitrogens with one attached hydrogen (secondary N) is 1. The van der Waals surface area contributed by atoms with Crippen LogP contribution in [0.1, 0.15) is 54.6 Å². The van der Waals surface area contributed by atoms with E-state index < -0.39 is 10.0 Å². The van der Waals surface area contributed by atoms with Gasteiger partial charge in [-0.3, -0.25) is 9.52 Å². The SMILES string of the molecule is CCCS(=O)(=O)Nc1ccc(-c2c(C#N)c3ccc(C(=O)N4CCN(C)CC4)cc3n2C2CCC2)cc1. The van der Waals surface area contributed by atoms with Gasteiger partial charge in [0, 0.05) is 48.9 Å². The summed E-state index contributed by atoms with van der Waals surface area (Å²) in [5, 5.41) is 11.0. The van der Waals surface area contributed by atoms with Crippen molar-refractivity contribution in [1.29, 1.82) is 5.26 Å². The molecule has 1 amide bonds. The minimum Gasteiger partial charge on any atom is -0.336 e. The fraction of sp³-hybridized carbons (Fsp3) is 0.429. The number of hydrogen-bond acceptors (Lipinski definition) is 5. The van der Waals surface area contributed by atoms with Crippen LogP contribution in [0.4, 0.5) is 5.69 Å². The summed E-state index contributed by atoms with van der Waals surface area (Å²) in [6.45, 7) is 4.97. The number of carbonyl (C=O) groups excluding carboxylic acids is 1. The number of fused-ring (bicyclic) bond motifs is 1. The van der Waals surface area contributed by atoms with Gasteiger partial charge < -0.3 is 14.4 Å². The number of likely N-dealkylation sites (N-methyl/N-ethyl adjacent to an activating group) is 1. The summed E-state index contributed by atoms with van der Waals surface area (Å²) < 4.78 is 29.2. The first kappa shape index (κ1) is 25.3. The van der Waals surface area contributed by atoms with Crippen LogP contribution in [0.15, 0.2) is 42.5 Å². The Hall–Kier alpha value is -3.35. The zero-order chi connectivity index (χ0) is 26.2. The molecule has 1 saturated carbocycles. The first-order chi connectivity index (χ1) is 17.8. The second kappa shape index (κ2) is 10.2. The predicted octanol–water partition coefficient (Wildman–Crippen LogP) is 4.44. The molecule has 0 bridgehead atoms. The summed E-state index contributed by atoms with van der Waals surface area (Å²) in [6, 6.07) is 15.6. The van der Waals surface area contributed by atoms with Crippen LogP contribution in [-0.4, -0.2) is 67.7 Å². The highest BCUT2D eigenvalue weighted by molar-refractivity contribution is 7.92. The molecule has 0 spiro atoms. The monoisotopic (exact) mass is 519 g/mol. The van der Waals surface area contributed by atoms with Gasteiger partial charge in [-0.1, -0.05) is 25.1 Å². The lowest BCUT2D eigenvalue weighted by atomic mass is 9.92. The second-order valence-corrected chi connectivity index (χ2v) is 12.0. The van der Waals surface area contributed by atoms with Crippen molar-refractivity contribution < 1.29 is 13.2 Å². The molecule has 1 N–H and O–H groups in total. The Morgan fingerprint density at radius 1 is 1.08 bits per heavy atom. The molecular formula is C28H33N5O3S. The van der Waals surface area contributed by atoms with E-state index in [9.17, 15) is 18.5 Å². The topological polar surface area (TPSA) is 98.4 Å². The molecule has 1 aromatic heterocycles. The number of benzene rings is 2. The van der Waals surface area contributed by atoms with Crippen LogP contribution in [0.3, 0.4) is 0 Å². The maximum atomic E-state index is 13.3. The third-order valence-electron chi connectivity index (χ3n) is 7.50. The molecule has 2 fully saturated rings. The number of piperazine rings is 1. The molecule has 8 nitrogen and oxygen atoms in total. The number of anilines is 1. The molecule has 0 radical (unpaired) electrons. The molecule has 1 aliphatic heterocycles. The van der Waals surface area contributed by atoms with Gasteiger partial charge in [-0.2, -0.15) is 5.26 Å². The van der Waals surface area contributed by atoms with E-state index in [2.05, 4.69) is 27.3 Å². The molecule has 9 heteroatoms. The summed E-state index contributed by atoms with van der Waals surface area (Å²) in [7, 11) is -1.32. The van der Waals surface area contributed by atoms with Crippen molar-refractivity contribution in [3.8, 4) is 17.3 Å². The van der Waals surface area contributed by atoms with Gasteiger partial charge >= 0.3 is 0 Å². The second-order valence-electron chi connectivity index (χ2n) is 10.1. The van der Waals surface area contributed by atoms with Crippen molar-refractivity contribution in [2.75, 3.05) is 43.7 Å². The fourth-order valence-electron chi connectivity index (χ4n) is 5.25. The van der Waals surface area contributed by atoms with E-state index >= 15 is 0 Å². The van der Waals surface area contributed by atoms with E-state index in [1.165, 1.54) is 0 Å². The van der Waals surface area contributed by atoms with Gasteiger partial charge in [0.15, 0.2) is 0 Å². The summed E-state index contributed by atoms with van der Waals surface area (Å²) in [5.74, 6) is 0.0958. The maximum absolute atomic E-state index is 13.3. The molecule has 0 unspecified atom stereocenters. The van der Waals surface area contributed by atoms with E-state index in [0.29, 0.717) is 36.3 Å². The van der Waals surface area contributed by atoms with Gasteiger partial charge in [0.2, 0.25) is 10.0 Å². The number of carbonyl (C=O) groups is 1. The zero-order valence-corrected chi connectivity index (χ0v) is 22.2. The van der Waals surface area contributed by atoms with Gasteiger partial charge in [0.25, 0.3) is 5.91 Å². The van der Waals surface area contributed by atoms with Crippen LogP contribution in [0, 0.1) is 11.3 Å². The number of nitriles is 1. The number of rotatable bonds is 7. The van der Waals surface area contributed by atoms with Gasteiger partial charge in [-0.05, 0) is 62.6 Å². The molecule has 5 rings (SSSR count). The summed E-state index contributed by atoms with van der Waals surface area (Å²) in [4.78, 5) is 17.4. The number of aromatic nitrogens is 1. The van der Waals surface area contributed by atoms with Crippen LogP contribution in [-0.2, 0) is 10.0 Å². The summed E-state index contributed by atoms with van der Waals surface area (Å²) >= 11 is 0. The van der Waals surface area contributed by atoms with Crippen LogP contribution in [0.5, 0.6) is 0 Å². The lowest BCUT2D eigenvalue weighted by Crippen LogP contribution is -2.47. The predicted molar refractivity (Wildman–Crippen MR) is 146 cm³/mol. The number of nitrogens with zero attached hydrogens (tertiary/aromatic N) is 4. The minimum atomic E-state index is -3.38. The van der Waals surface area contributed by atoms with Crippen LogP contribution in [0.2, 0.25) is 0 Å². The van der Waals surface area contributed by atoms with Gasteiger partial charge in [-0.15, -0.1) is 0 Å². The van der Waals surface area contributed by atoms with E-state index in [1.54, 1.807) is 12.1 Å². The summed E-state index contributed by atoms with van der Waals surface area (Å²) in [5.41, 5.74) is 4.32. The molecular weight excluding hydrogens is 486 g/mol. The average molecular weight is 520 g/mol. The van der Waals surface area contributed by atoms with Crippen molar-refractivity contribution in [2.24, 2.45) is 0 Å². The molecule has 1 aliphatic carbocycles. The number of amides is 1. The lowest BCUT2D eigenvalue weighted by molar-refractivity contribution is 0.0664. The van der Waals surface area contributed by atoms with Crippen LogP contribution in [0.25, 0.3) is 22.2 Å². The Morgan fingerprint density at radius 3 is 2.38 bits per heavy atom. The maximum Gasteiger partial charge on any atom is 0.254 e. The van der Waals surface area contributed by atoms with Crippen molar-refractivity contribution in [3.63, 3.8) is 0 Å². The Balaban J connectivity index is 1.56. The highest BCUT2D eigenvalue weighted by Gasteiger charge is 2.29. The molecule has 2 aliphatic rings. The average Bonchev–Trinajstić information content (AvgIpc) is 3.16. The Bertz CT molecular complexity index is 1460. The number of hydrogen-bond donors (Lipinski definition) is 1. The quantitative estimate of drug-likeness (QED) is 0.498. The zero-order valence-electron chi connectivity index (χ0n) is 21.4. The fourth-order valence-corrected chi connectivity index (χ4v) is 6.39. The van der Waals surface area contributed by atoms with Crippen LogP contribution >= 0.6 is 0 Å². The Labute approximate surface area is 218 Å². The molecule has 2 heterocycles. The molecule has 2 aromatic carbocycles. The van der Waals surface area contributed by atoms with Gasteiger partial charge in [0.05, 0.1) is 22.5 Å². The molecule has 194 valence electrons. The van der Waals surface area contributed by atoms with Crippen molar-refractivity contribution in [1.82, 2.24) is 14.4 Å². The van der Waals surface area contributed by atoms with Crippen molar-refractivity contribution >= 4 is 32.5 Å². The van der Waals surface area contributed by atoms with E-state index in [0.717, 1.165) is 54.5 Å². The van der Waals surface area contributed by atoms with E-state index in [1.807, 2.05) is 42.2 Å². The molecule has 3 aromatic rings. The van der Waals surface area contributed by atoms with E-state index in [4.69, 9.17) is 0 Å². The standard InChI is InChI=1S/C28H33N5O3S/c1-3-17-37(35,36)30-22-10-7-20(8-11-22)27-25(19-29)24-12-9-21(18-26(24)33(27)23-5-4-6-23)28(34)32-15-13-31(2)14-16-32/h7-12,18,23,30H,3-6,13-17H2,1-2H3. The normalized spacial score (nSPS) is 16.9. The van der Waals surface area contributed by atoms with Crippen molar-refractivity contribution in [3.05, 3.63) is 53.6 Å². The first-order valence-corrected chi connectivity index (χ1v) is 14.6. The number of sulfonamides is 1. The van der Waals surface area contributed by atoms with Gasteiger partial charge in [-0.25, -0.2) is 8.42 Å². The van der Waals surface area contributed by atoms with Crippen LogP contribution < -0.4 is 4.72 Å². The lowest BCUT2D eigenvalue weighted by Gasteiger charge is -2.32. The van der Waals surface area contributed by atoms with Gasteiger partial charge in [0.1, 0.15) is 6.07 Å². The van der Waals surface area contributed by atoms with E-state index in [-0.39, 0.29) is 17.7 Å². The first-order valence-electron chi connectivity index (χ1n) is 13.0. The largest absolute Gasteiger partial charge is 0.336 e. The molecule has 1 saturated heterocycles. The Morgan fingerprint density at radius 2 is 1.78 bits per heavy atom. The Kier molecular flexibility index (Phi) is 6.97. The molecule has 37 heavy (non-hydrogen) atoms. The third-order valence-corrected chi connectivity index (χ3v) is 8.99. The third kappa shape index (κ3) is 4.96. The smallest absolute Gasteiger partial charge is 0.254 e. The minimum absolute atomic E-state index is 0.0279. The summed E-state index contributed by atoms with van der Waals surface area (Å²) in [6.07, 6.45) is 3.71. The van der Waals surface area contributed by atoms with Crippen molar-refractivity contribution in [2.45, 2.75) is 38.6 Å². The highest BCUT2D eigenvalue weighted by Crippen LogP contribution is 2.43.